The van der Waals surface area contributed by atoms with Gasteiger partial charge in [0.25, 0.3) is 11.8 Å². The fraction of sp³-hybridized carbons (Fsp3) is 0.120. The molecule has 0 fully saturated rings. The van der Waals surface area contributed by atoms with Crippen molar-refractivity contribution in [3.8, 4) is 0 Å². The number of rotatable bonds is 6. The largest absolute Gasteiger partial charge is 0.322 e. The third-order valence-electron chi connectivity index (χ3n) is 5.37. The molecule has 166 valence electrons. The van der Waals surface area contributed by atoms with Crippen LogP contribution < -0.4 is 10.2 Å². The molecule has 0 aromatic heterocycles. The Labute approximate surface area is 189 Å². The Hall–Kier alpha value is -4.33. The first kappa shape index (κ1) is 21.9. The zero-order valence-electron chi connectivity index (χ0n) is 17.7. The van der Waals surface area contributed by atoms with Gasteiger partial charge in [-0.15, -0.1) is 0 Å². The van der Waals surface area contributed by atoms with E-state index in [2.05, 4.69) is 5.32 Å². The number of hydrogen-bond acceptors (Lipinski definition) is 4. The van der Waals surface area contributed by atoms with E-state index < -0.39 is 42.0 Å². The summed E-state index contributed by atoms with van der Waals surface area (Å²) in [6.45, 7) is 0.946. The third kappa shape index (κ3) is 4.23. The van der Waals surface area contributed by atoms with Crippen LogP contribution in [0, 0.1) is 5.82 Å². The number of hydrogen-bond donors (Lipinski definition) is 1. The summed E-state index contributed by atoms with van der Waals surface area (Å²) in [5, 5.41) is 2.49. The second-order valence-corrected chi connectivity index (χ2v) is 7.49. The average molecular weight is 445 g/mol. The van der Waals surface area contributed by atoms with Crippen LogP contribution in [0.3, 0.4) is 0 Å². The lowest BCUT2D eigenvalue weighted by atomic mass is 10.1. The number of halogens is 1. The van der Waals surface area contributed by atoms with E-state index in [0.29, 0.717) is 5.69 Å². The quantitative estimate of drug-likeness (QED) is 0.589. The van der Waals surface area contributed by atoms with Crippen molar-refractivity contribution in [2.45, 2.75) is 13.0 Å². The summed E-state index contributed by atoms with van der Waals surface area (Å²) in [4.78, 5) is 53.7. The van der Waals surface area contributed by atoms with Gasteiger partial charge in [0.1, 0.15) is 18.4 Å². The molecular weight excluding hydrogens is 425 g/mol. The van der Waals surface area contributed by atoms with Crippen LogP contribution in [0.1, 0.15) is 27.6 Å². The zero-order chi connectivity index (χ0) is 23.5. The Morgan fingerprint density at radius 1 is 0.879 bits per heavy atom. The number of para-hydroxylation sites is 2. The molecule has 3 aromatic rings. The summed E-state index contributed by atoms with van der Waals surface area (Å²) >= 11 is 0. The van der Waals surface area contributed by atoms with E-state index in [1.165, 1.54) is 42.2 Å². The first-order valence-electron chi connectivity index (χ1n) is 10.3. The second kappa shape index (κ2) is 9.04. The molecule has 1 N–H and O–H groups in total. The number of imide groups is 1. The summed E-state index contributed by atoms with van der Waals surface area (Å²) in [6.07, 6.45) is 0. The van der Waals surface area contributed by atoms with Gasteiger partial charge in [0, 0.05) is 5.69 Å². The molecule has 1 atom stereocenters. The second-order valence-electron chi connectivity index (χ2n) is 7.49. The maximum absolute atomic E-state index is 14.0. The number of anilines is 2. The molecule has 1 heterocycles. The Bertz CT molecular complexity index is 1210. The van der Waals surface area contributed by atoms with Gasteiger partial charge >= 0.3 is 0 Å². The Balaban J connectivity index is 1.59. The van der Waals surface area contributed by atoms with Crippen molar-refractivity contribution < 1.29 is 23.6 Å². The molecular formula is C25H20FN3O4. The highest BCUT2D eigenvalue weighted by Crippen LogP contribution is 2.24. The molecule has 0 radical (unpaired) electrons. The Morgan fingerprint density at radius 3 is 2.03 bits per heavy atom. The number of nitrogens with zero attached hydrogens (tertiary/aromatic N) is 2. The smallest absolute Gasteiger partial charge is 0.262 e. The topological polar surface area (TPSA) is 86.8 Å². The van der Waals surface area contributed by atoms with Gasteiger partial charge in [0.15, 0.2) is 0 Å². The highest BCUT2D eigenvalue weighted by Gasteiger charge is 2.38. The molecule has 33 heavy (non-hydrogen) atoms. The fourth-order valence-electron chi connectivity index (χ4n) is 3.68. The van der Waals surface area contributed by atoms with Gasteiger partial charge in [-0.25, -0.2) is 4.39 Å². The molecule has 0 bridgehead atoms. The number of benzene rings is 3. The van der Waals surface area contributed by atoms with Crippen LogP contribution in [0.2, 0.25) is 0 Å². The van der Waals surface area contributed by atoms with Gasteiger partial charge in [0.05, 0.1) is 16.8 Å². The van der Waals surface area contributed by atoms with Crippen LogP contribution >= 0.6 is 0 Å². The maximum atomic E-state index is 14.0. The van der Waals surface area contributed by atoms with Gasteiger partial charge in [-0.3, -0.25) is 29.0 Å². The number of amides is 4. The van der Waals surface area contributed by atoms with E-state index in [4.69, 9.17) is 0 Å². The molecule has 0 spiro atoms. The molecule has 1 aliphatic rings. The third-order valence-corrected chi connectivity index (χ3v) is 5.37. The molecule has 7 nitrogen and oxygen atoms in total. The molecule has 8 heteroatoms. The highest BCUT2D eigenvalue weighted by molar-refractivity contribution is 6.23. The summed E-state index contributed by atoms with van der Waals surface area (Å²) in [7, 11) is 0. The highest BCUT2D eigenvalue weighted by atomic mass is 19.1. The van der Waals surface area contributed by atoms with Crippen molar-refractivity contribution in [2.75, 3.05) is 16.8 Å². The summed E-state index contributed by atoms with van der Waals surface area (Å²) in [6, 6.07) is 19.4. The van der Waals surface area contributed by atoms with E-state index in [1.54, 1.807) is 48.5 Å². The van der Waals surface area contributed by atoms with E-state index in [9.17, 15) is 23.6 Å². The number of fused-ring (bicyclic) bond motifs is 1. The van der Waals surface area contributed by atoms with Crippen LogP contribution in [0.25, 0.3) is 0 Å². The lowest BCUT2D eigenvalue weighted by Crippen LogP contribution is -2.50. The van der Waals surface area contributed by atoms with Gasteiger partial charge in [-0.2, -0.15) is 0 Å². The van der Waals surface area contributed by atoms with Crippen LogP contribution in [0.15, 0.2) is 78.9 Å². The maximum Gasteiger partial charge on any atom is 0.262 e. The van der Waals surface area contributed by atoms with E-state index in [1.807, 2.05) is 0 Å². The normalized spacial score (nSPS) is 13.5. The number of carbonyl (C=O) groups is 4. The van der Waals surface area contributed by atoms with Crippen molar-refractivity contribution in [1.29, 1.82) is 0 Å². The molecule has 1 unspecified atom stereocenters. The molecule has 0 aliphatic carbocycles. The van der Waals surface area contributed by atoms with Crippen LogP contribution in [0.4, 0.5) is 15.8 Å². The molecule has 0 saturated carbocycles. The zero-order valence-corrected chi connectivity index (χ0v) is 17.7. The van der Waals surface area contributed by atoms with Crippen LogP contribution in [-0.2, 0) is 9.59 Å². The van der Waals surface area contributed by atoms with Crippen molar-refractivity contribution in [1.82, 2.24) is 4.90 Å². The van der Waals surface area contributed by atoms with Crippen molar-refractivity contribution in [3.05, 3.63) is 95.8 Å². The van der Waals surface area contributed by atoms with Crippen LogP contribution in [-0.4, -0.2) is 41.1 Å². The van der Waals surface area contributed by atoms with Crippen LogP contribution in [0.5, 0.6) is 0 Å². The van der Waals surface area contributed by atoms with E-state index >= 15 is 0 Å². The fourth-order valence-corrected chi connectivity index (χ4v) is 3.68. The van der Waals surface area contributed by atoms with E-state index in [0.717, 1.165) is 4.90 Å². The Morgan fingerprint density at radius 2 is 1.42 bits per heavy atom. The lowest BCUT2D eigenvalue weighted by molar-refractivity contribution is -0.123. The van der Waals surface area contributed by atoms with E-state index in [-0.39, 0.29) is 16.8 Å². The number of nitrogens with one attached hydrogen (secondary N) is 1. The summed E-state index contributed by atoms with van der Waals surface area (Å²) < 4.78 is 14.0. The van der Waals surface area contributed by atoms with Crippen molar-refractivity contribution in [2.24, 2.45) is 0 Å². The summed E-state index contributed by atoms with van der Waals surface area (Å²) in [5.74, 6) is -3.01. The van der Waals surface area contributed by atoms with Gasteiger partial charge in [-0.1, -0.05) is 42.5 Å². The Kier molecular flexibility index (Phi) is 5.99. The monoisotopic (exact) mass is 445 g/mol. The molecule has 3 aromatic carbocycles. The van der Waals surface area contributed by atoms with Crippen molar-refractivity contribution >= 4 is 35.0 Å². The molecule has 0 saturated heterocycles. The van der Waals surface area contributed by atoms with Gasteiger partial charge < -0.3 is 5.32 Å². The average Bonchev–Trinajstić information content (AvgIpc) is 3.06. The minimum Gasteiger partial charge on any atom is -0.322 e. The minimum atomic E-state index is -1.06. The summed E-state index contributed by atoms with van der Waals surface area (Å²) in [5.41, 5.74) is 0.837. The predicted molar refractivity (Wildman–Crippen MR) is 120 cm³/mol. The standard InChI is InChI=1S/C25H20FN3O4/c1-16(23(31)27-21-14-8-7-13-20(21)26)29(17-9-3-2-4-10-17)22(30)15-28-24(32)18-11-5-6-12-19(18)25(28)33/h2-14,16H,15H2,1H3,(H,27,31). The van der Waals surface area contributed by atoms with Crippen molar-refractivity contribution in [3.63, 3.8) is 0 Å². The minimum absolute atomic E-state index is 0.0184. The van der Waals surface area contributed by atoms with Gasteiger partial charge in [-0.05, 0) is 43.3 Å². The van der Waals surface area contributed by atoms with Gasteiger partial charge in [0.2, 0.25) is 11.8 Å². The SMILES string of the molecule is CC(C(=O)Nc1ccccc1F)N(C(=O)CN1C(=O)c2ccccc2C1=O)c1ccccc1. The first-order valence-corrected chi connectivity index (χ1v) is 10.3. The molecule has 4 rings (SSSR count). The number of carbonyl (C=O) groups excluding carboxylic acids is 4. The predicted octanol–water partition coefficient (Wildman–Crippen LogP) is 3.48. The first-order chi connectivity index (χ1) is 15.9. The molecule has 4 amide bonds. The lowest BCUT2D eigenvalue weighted by Gasteiger charge is -2.30. The molecule has 1 aliphatic heterocycles.